The van der Waals surface area contributed by atoms with E-state index >= 15 is 0 Å². The summed E-state index contributed by atoms with van der Waals surface area (Å²) < 4.78 is 0. The van der Waals surface area contributed by atoms with Gasteiger partial charge >= 0.3 is 5.97 Å². The number of carboxylic acids is 1. The van der Waals surface area contributed by atoms with E-state index in [9.17, 15) is 14.7 Å². The van der Waals surface area contributed by atoms with Crippen molar-refractivity contribution in [1.29, 1.82) is 0 Å². The van der Waals surface area contributed by atoms with E-state index < -0.39 is 12.0 Å². The number of carbonyl (C=O) groups is 2. The predicted molar refractivity (Wildman–Crippen MR) is 64.7 cm³/mol. The molecule has 98 valence electrons. The number of nitrogens with one attached hydrogen (secondary N) is 1. The minimum atomic E-state index is -0.903. The number of hydrogen-bond donors (Lipinski definition) is 2. The Morgan fingerprint density at radius 2 is 2.12 bits per heavy atom. The highest BCUT2D eigenvalue weighted by atomic mass is 16.4. The van der Waals surface area contributed by atoms with Gasteiger partial charge in [0.05, 0.1) is 6.54 Å². The van der Waals surface area contributed by atoms with Crippen LogP contribution in [0.3, 0.4) is 0 Å². The summed E-state index contributed by atoms with van der Waals surface area (Å²) in [5, 5.41) is 12.3. The molecule has 1 unspecified atom stereocenters. The van der Waals surface area contributed by atoms with Crippen LogP contribution in [0.15, 0.2) is 0 Å². The predicted octanol–water partition coefficient (Wildman–Crippen LogP) is 0.698. The molecule has 0 aromatic rings. The van der Waals surface area contributed by atoms with Gasteiger partial charge in [0.1, 0.15) is 6.04 Å². The molecule has 0 aromatic carbocycles. The van der Waals surface area contributed by atoms with E-state index in [2.05, 4.69) is 5.32 Å². The number of nitrogens with zero attached hydrogens (tertiary/aromatic N) is 1. The Morgan fingerprint density at radius 3 is 2.65 bits per heavy atom. The number of likely N-dealkylation sites (N-methyl/N-ethyl adjacent to an activating group) is 1. The Labute approximate surface area is 102 Å². The first-order chi connectivity index (χ1) is 7.90. The summed E-state index contributed by atoms with van der Waals surface area (Å²) in [5.74, 6) is -1.02. The zero-order chi connectivity index (χ0) is 13.1. The third kappa shape index (κ3) is 3.19. The van der Waals surface area contributed by atoms with Gasteiger partial charge in [0.25, 0.3) is 0 Å². The SMILES string of the molecule is CCNCC(=O)N1CCCC(C)(C)C1C(=O)O. The number of amides is 1. The van der Waals surface area contributed by atoms with Gasteiger partial charge in [-0.1, -0.05) is 20.8 Å². The van der Waals surface area contributed by atoms with Gasteiger partial charge in [-0.25, -0.2) is 4.79 Å². The van der Waals surface area contributed by atoms with Crippen molar-refractivity contribution in [3.63, 3.8) is 0 Å². The zero-order valence-corrected chi connectivity index (χ0v) is 10.8. The largest absolute Gasteiger partial charge is 0.480 e. The minimum Gasteiger partial charge on any atom is -0.480 e. The first kappa shape index (κ1) is 14.0. The molecule has 1 heterocycles. The molecule has 0 spiro atoms. The summed E-state index contributed by atoms with van der Waals surface area (Å²) in [7, 11) is 0. The van der Waals surface area contributed by atoms with E-state index in [-0.39, 0.29) is 17.9 Å². The van der Waals surface area contributed by atoms with Gasteiger partial charge in [0, 0.05) is 6.54 Å². The molecular formula is C12H22N2O3. The fourth-order valence-electron chi connectivity index (χ4n) is 2.46. The van der Waals surface area contributed by atoms with Crippen molar-refractivity contribution in [2.24, 2.45) is 5.41 Å². The van der Waals surface area contributed by atoms with Crippen molar-refractivity contribution >= 4 is 11.9 Å². The van der Waals surface area contributed by atoms with Crippen LogP contribution in [0, 0.1) is 5.41 Å². The van der Waals surface area contributed by atoms with Crippen molar-refractivity contribution in [3.05, 3.63) is 0 Å². The van der Waals surface area contributed by atoms with Crippen molar-refractivity contribution in [1.82, 2.24) is 10.2 Å². The third-order valence-electron chi connectivity index (χ3n) is 3.35. The molecule has 1 aliphatic rings. The number of aliphatic carboxylic acids is 1. The van der Waals surface area contributed by atoms with Gasteiger partial charge < -0.3 is 15.3 Å². The van der Waals surface area contributed by atoms with E-state index in [0.717, 1.165) is 12.8 Å². The first-order valence-electron chi connectivity index (χ1n) is 6.13. The van der Waals surface area contributed by atoms with Gasteiger partial charge in [-0.05, 0) is 24.8 Å². The molecule has 0 radical (unpaired) electrons. The van der Waals surface area contributed by atoms with Crippen molar-refractivity contribution in [2.75, 3.05) is 19.6 Å². The molecule has 0 aromatic heterocycles. The minimum absolute atomic E-state index is 0.118. The second kappa shape index (κ2) is 5.49. The average Bonchev–Trinajstić information content (AvgIpc) is 2.23. The molecule has 1 aliphatic heterocycles. The maximum absolute atomic E-state index is 12.0. The molecule has 1 rings (SSSR count). The van der Waals surface area contributed by atoms with Crippen molar-refractivity contribution in [2.45, 2.75) is 39.7 Å². The van der Waals surface area contributed by atoms with Gasteiger partial charge in [0.2, 0.25) is 5.91 Å². The van der Waals surface area contributed by atoms with E-state index in [1.807, 2.05) is 20.8 Å². The summed E-state index contributed by atoms with van der Waals surface area (Å²) in [6.07, 6.45) is 1.71. The molecular weight excluding hydrogens is 220 g/mol. The standard InChI is InChI=1S/C12H22N2O3/c1-4-13-8-9(15)14-7-5-6-12(2,3)10(14)11(16)17/h10,13H,4-8H2,1-3H3,(H,16,17). The van der Waals surface area contributed by atoms with Crippen LogP contribution in [0.4, 0.5) is 0 Å². The molecule has 1 atom stereocenters. The maximum atomic E-state index is 12.0. The zero-order valence-electron chi connectivity index (χ0n) is 10.8. The average molecular weight is 242 g/mol. The number of carboxylic acid groups (broad SMARTS) is 1. The second-order valence-electron chi connectivity index (χ2n) is 5.20. The van der Waals surface area contributed by atoms with E-state index in [0.29, 0.717) is 13.1 Å². The molecule has 1 fully saturated rings. The summed E-state index contributed by atoms with van der Waals surface area (Å²) in [6, 6.07) is -0.706. The highest BCUT2D eigenvalue weighted by molar-refractivity contribution is 5.85. The van der Waals surface area contributed by atoms with Crippen LogP contribution in [-0.2, 0) is 9.59 Å². The monoisotopic (exact) mass is 242 g/mol. The lowest BCUT2D eigenvalue weighted by Gasteiger charge is -2.44. The topological polar surface area (TPSA) is 69.6 Å². The molecule has 1 amide bonds. The van der Waals surface area contributed by atoms with E-state index in [1.54, 1.807) is 0 Å². The fourth-order valence-corrected chi connectivity index (χ4v) is 2.46. The van der Waals surface area contributed by atoms with Gasteiger partial charge in [0.15, 0.2) is 0 Å². The van der Waals surface area contributed by atoms with Crippen LogP contribution in [0.5, 0.6) is 0 Å². The number of rotatable bonds is 4. The molecule has 5 heteroatoms. The Kier molecular flexibility index (Phi) is 4.51. The molecule has 1 saturated heterocycles. The van der Waals surface area contributed by atoms with Crippen LogP contribution >= 0.6 is 0 Å². The number of carbonyl (C=O) groups excluding carboxylic acids is 1. The Morgan fingerprint density at radius 1 is 1.47 bits per heavy atom. The Bertz CT molecular complexity index is 302. The highest BCUT2D eigenvalue weighted by Crippen LogP contribution is 2.35. The van der Waals surface area contributed by atoms with Gasteiger partial charge in [-0.3, -0.25) is 4.79 Å². The van der Waals surface area contributed by atoms with E-state index in [4.69, 9.17) is 0 Å². The quantitative estimate of drug-likeness (QED) is 0.761. The Hall–Kier alpha value is -1.10. The number of piperidine rings is 1. The van der Waals surface area contributed by atoms with Crippen LogP contribution in [0.25, 0.3) is 0 Å². The number of likely N-dealkylation sites (tertiary alicyclic amines) is 1. The molecule has 0 saturated carbocycles. The third-order valence-corrected chi connectivity index (χ3v) is 3.35. The van der Waals surface area contributed by atoms with Crippen molar-refractivity contribution in [3.8, 4) is 0 Å². The van der Waals surface area contributed by atoms with Crippen LogP contribution in [-0.4, -0.2) is 47.6 Å². The van der Waals surface area contributed by atoms with Crippen LogP contribution < -0.4 is 5.32 Å². The second-order valence-corrected chi connectivity index (χ2v) is 5.20. The smallest absolute Gasteiger partial charge is 0.326 e. The normalized spacial score (nSPS) is 23.5. The number of hydrogen-bond acceptors (Lipinski definition) is 3. The van der Waals surface area contributed by atoms with Gasteiger partial charge in [-0.2, -0.15) is 0 Å². The van der Waals surface area contributed by atoms with Gasteiger partial charge in [-0.15, -0.1) is 0 Å². The highest BCUT2D eigenvalue weighted by Gasteiger charge is 2.44. The maximum Gasteiger partial charge on any atom is 0.326 e. The molecule has 0 bridgehead atoms. The Balaban J connectivity index is 2.81. The molecule has 5 nitrogen and oxygen atoms in total. The summed E-state index contributed by atoms with van der Waals surface area (Å²) >= 11 is 0. The van der Waals surface area contributed by atoms with E-state index in [1.165, 1.54) is 4.90 Å². The lowest BCUT2D eigenvalue weighted by molar-refractivity contribution is -0.158. The molecule has 17 heavy (non-hydrogen) atoms. The fraction of sp³-hybridized carbons (Fsp3) is 0.833. The summed E-state index contributed by atoms with van der Waals surface area (Å²) in [4.78, 5) is 24.8. The first-order valence-corrected chi connectivity index (χ1v) is 6.13. The van der Waals surface area contributed by atoms with Crippen LogP contribution in [0.1, 0.15) is 33.6 Å². The van der Waals surface area contributed by atoms with Crippen molar-refractivity contribution < 1.29 is 14.7 Å². The molecule has 2 N–H and O–H groups in total. The lowest BCUT2D eigenvalue weighted by atomic mass is 9.76. The lowest BCUT2D eigenvalue weighted by Crippen LogP contribution is -2.57. The summed E-state index contributed by atoms with van der Waals surface area (Å²) in [6.45, 7) is 7.22. The molecule has 0 aliphatic carbocycles. The summed E-state index contributed by atoms with van der Waals surface area (Å²) in [5.41, 5.74) is -0.355. The van der Waals surface area contributed by atoms with Crippen LogP contribution in [0.2, 0.25) is 0 Å².